The zero-order chi connectivity index (χ0) is 14.5. The SMILES string of the molecule is N#CC1CN(CC(=O)Nc2ccc(F)c(N)c2)CCO1. The van der Waals surface area contributed by atoms with Gasteiger partial charge in [0.2, 0.25) is 5.91 Å². The van der Waals surface area contributed by atoms with Crippen LogP contribution in [0.1, 0.15) is 0 Å². The predicted octanol–water partition coefficient (Wildman–Crippen LogP) is 0.571. The van der Waals surface area contributed by atoms with E-state index in [1.165, 1.54) is 18.2 Å². The first kappa shape index (κ1) is 14.2. The second kappa shape index (κ2) is 6.32. The van der Waals surface area contributed by atoms with E-state index in [-0.39, 0.29) is 18.1 Å². The van der Waals surface area contributed by atoms with E-state index in [0.29, 0.717) is 25.4 Å². The lowest BCUT2D eigenvalue weighted by molar-refractivity contribution is -0.118. The molecule has 0 aromatic heterocycles. The standard InChI is InChI=1S/C13H15FN4O2/c14-11-2-1-9(5-12(11)16)17-13(19)8-18-3-4-20-10(6-15)7-18/h1-2,5,10H,3-4,7-8,16H2,(H,17,19). The molecule has 1 heterocycles. The smallest absolute Gasteiger partial charge is 0.238 e. The van der Waals surface area contributed by atoms with E-state index in [9.17, 15) is 9.18 Å². The summed E-state index contributed by atoms with van der Waals surface area (Å²) in [5.41, 5.74) is 5.86. The molecule has 1 aliphatic rings. The minimum atomic E-state index is -0.520. The van der Waals surface area contributed by atoms with Crippen molar-refractivity contribution in [1.82, 2.24) is 4.90 Å². The van der Waals surface area contributed by atoms with E-state index in [2.05, 4.69) is 5.32 Å². The molecule has 1 aromatic rings. The van der Waals surface area contributed by atoms with Gasteiger partial charge in [0.05, 0.1) is 24.9 Å². The molecule has 0 aliphatic carbocycles. The molecule has 3 N–H and O–H groups in total. The Morgan fingerprint density at radius 3 is 3.15 bits per heavy atom. The Morgan fingerprint density at radius 1 is 1.65 bits per heavy atom. The normalized spacial score (nSPS) is 19.3. The number of nitrogen functional groups attached to an aromatic ring is 1. The summed E-state index contributed by atoms with van der Waals surface area (Å²) >= 11 is 0. The number of carbonyl (C=O) groups excluding carboxylic acids is 1. The number of carbonyl (C=O) groups is 1. The first-order valence-electron chi connectivity index (χ1n) is 6.17. The highest BCUT2D eigenvalue weighted by atomic mass is 19.1. The molecular formula is C13H15FN4O2. The summed E-state index contributed by atoms with van der Waals surface area (Å²) in [6.07, 6.45) is -0.502. The van der Waals surface area contributed by atoms with E-state index < -0.39 is 11.9 Å². The fourth-order valence-corrected chi connectivity index (χ4v) is 1.95. The third-order valence-electron chi connectivity index (χ3n) is 2.94. The number of rotatable bonds is 3. The summed E-state index contributed by atoms with van der Waals surface area (Å²) in [5, 5.41) is 11.4. The molecule has 0 radical (unpaired) electrons. The van der Waals surface area contributed by atoms with E-state index in [0.717, 1.165) is 0 Å². The van der Waals surface area contributed by atoms with Crippen molar-refractivity contribution in [3.63, 3.8) is 0 Å². The largest absolute Gasteiger partial charge is 0.396 e. The van der Waals surface area contributed by atoms with Gasteiger partial charge >= 0.3 is 0 Å². The lowest BCUT2D eigenvalue weighted by Crippen LogP contribution is -2.45. The zero-order valence-corrected chi connectivity index (χ0v) is 10.8. The summed E-state index contributed by atoms with van der Waals surface area (Å²) in [6.45, 7) is 1.57. The number of morpholine rings is 1. The quantitative estimate of drug-likeness (QED) is 0.789. The van der Waals surface area contributed by atoms with Crippen molar-refractivity contribution in [3.05, 3.63) is 24.0 Å². The summed E-state index contributed by atoms with van der Waals surface area (Å²) in [7, 11) is 0. The van der Waals surface area contributed by atoms with Crippen LogP contribution in [0, 0.1) is 17.1 Å². The minimum Gasteiger partial charge on any atom is -0.396 e. The van der Waals surface area contributed by atoms with Crippen LogP contribution in [-0.4, -0.2) is 43.2 Å². The Morgan fingerprint density at radius 2 is 2.45 bits per heavy atom. The lowest BCUT2D eigenvalue weighted by Gasteiger charge is -2.28. The maximum Gasteiger partial charge on any atom is 0.238 e. The maximum absolute atomic E-state index is 13.0. The van der Waals surface area contributed by atoms with Crippen molar-refractivity contribution < 1.29 is 13.9 Å². The Hall–Kier alpha value is -2.17. The second-order valence-corrected chi connectivity index (χ2v) is 4.51. The number of benzene rings is 1. The van der Waals surface area contributed by atoms with Gasteiger partial charge in [0.25, 0.3) is 0 Å². The number of amides is 1. The molecule has 0 saturated carbocycles. The number of hydrogen-bond donors (Lipinski definition) is 2. The molecule has 7 heteroatoms. The molecule has 0 spiro atoms. The van der Waals surface area contributed by atoms with E-state index in [4.69, 9.17) is 15.7 Å². The van der Waals surface area contributed by atoms with Crippen molar-refractivity contribution in [3.8, 4) is 6.07 Å². The maximum atomic E-state index is 13.0. The van der Waals surface area contributed by atoms with Crippen LogP contribution < -0.4 is 11.1 Å². The van der Waals surface area contributed by atoms with Gasteiger partial charge in [-0.05, 0) is 18.2 Å². The molecule has 6 nitrogen and oxygen atoms in total. The van der Waals surface area contributed by atoms with Gasteiger partial charge in [-0.25, -0.2) is 4.39 Å². The molecule has 1 saturated heterocycles. The number of anilines is 2. The van der Waals surface area contributed by atoms with Crippen LogP contribution in [0.25, 0.3) is 0 Å². The van der Waals surface area contributed by atoms with Crippen LogP contribution in [0.5, 0.6) is 0 Å². The van der Waals surface area contributed by atoms with E-state index in [1.807, 2.05) is 11.0 Å². The number of hydrogen-bond acceptors (Lipinski definition) is 5. The zero-order valence-electron chi connectivity index (χ0n) is 10.8. The average molecular weight is 278 g/mol. The van der Waals surface area contributed by atoms with Gasteiger partial charge in [-0.15, -0.1) is 0 Å². The number of nitrogens with zero attached hydrogens (tertiary/aromatic N) is 2. The Kier molecular flexibility index (Phi) is 4.50. The van der Waals surface area contributed by atoms with Gasteiger partial charge in [0, 0.05) is 18.8 Å². The number of ether oxygens (including phenoxy) is 1. The lowest BCUT2D eigenvalue weighted by atomic mass is 10.2. The van der Waals surface area contributed by atoms with Crippen LogP contribution in [-0.2, 0) is 9.53 Å². The molecular weight excluding hydrogens is 263 g/mol. The first-order chi connectivity index (χ1) is 9.58. The van der Waals surface area contributed by atoms with Gasteiger partial charge in [0.15, 0.2) is 6.10 Å². The van der Waals surface area contributed by atoms with Crippen LogP contribution in [0.3, 0.4) is 0 Å². The monoisotopic (exact) mass is 278 g/mol. The van der Waals surface area contributed by atoms with Crippen molar-refractivity contribution in [1.29, 1.82) is 5.26 Å². The average Bonchev–Trinajstić information content (AvgIpc) is 2.43. The Labute approximate surface area is 115 Å². The van der Waals surface area contributed by atoms with E-state index in [1.54, 1.807) is 0 Å². The Bertz CT molecular complexity index is 544. The van der Waals surface area contributed by atoms with Gasteiger partial charge in [-0.1, -0.05) is 0 Å². The van der Waals surface area contributed by atoms with Gasteiger partial charge < -0.3 is 15.8 Å². The molecule has 1 fully saturated rings. The van der Waals surface area contributed by atoms with Crippen molar-refractivity contribution in [2.24, 2.45) is 0 Å². The fourth-order valence-electron chi connectivity index (χ4n) is 1.95. The second-order valence-electron chi connectivity index (χ2n) is 4.51. The van der Waals surface area contributed by atoms with Crippen molar-refractivity contribution in [2.75, 3.05) is 37.3 Å². The number of nitriles is 1. The van der Waals surface area contributed by atoms with Crippen molar-refractivity contribution >= 4 is 17.3 Å². The van der Waals surface area contributed by atoms with Crippen LogP contribution in [0.15, 0.2) is 18.2 Å². The molecule has 106 valence electrons. The highest BCUT2D eigenvalue weighted by molar-refractivity contribution is 5.92. The Balaban J connectivity index is 1.89. The van der Waals surface area contributed by atoms with E-state index >= 15 is 0 Å². The predicted molar refractivity (Wildman–Crippen MR) is 71.2 cm³/mol. The molecule has 1 atom stereocenters. The number of halogens is 1. The van der Waals surface area contributed by atoms with Crippen LogP contribution in [0.2, 0.25) is 0 Å². The first-order valence-corrected chi connectivity index (χ1v) is 6.17. The van der Waals surface area contributed by atoms with Gasteiger partial charge in [-0.2, -0.15) is 5.26 Å². The number of nitrogens with one attached hydrogen (secondary N) is 1. The molecule has 1 aliphatic heterocycles. The minimum absolute atomic E-state index is 0.0151. The molecule has 0 bridgehead atoms. The molecule has 1 amide bonds. The highest BCUT2D eigenvalue weighted by Crippen LogP contribution is 2.16. The number of nitrogens with two attached hydrogens (primary N) is 1. The summed E-state index contributed by atoms with van der Waals surface area (Å²) < 4.78 is 18.2. The molecule has 1 unspecified atom stereocenters. The van der Waals surface area contributed by atoms with Crippen LogP contribution in [0.4, 0.5) is 15.8 Å². The third kappa shape index (κ3) is 3.66. The fraction of sp³-hybridized carbons (Fsp3) is 0.385. The summed E-state index contributed by atoms with van der Waals surface area (Å²) in [4.78, 5) is 13.7. The topological polar surface area (TPSA) is 91.4 Å². The van der Waals surface area contributed by atoms with Crippen molar-refractivity contribution in [2.45, 2.75) is 6.10 Å². The van der Waals surface area contributed by atoms with Gasteiger partial charge in [0.1, 0.15) is 5.82 Å². The molecule has 20 heavy (non-hydrogen) atoms. The molecule has 2 rings (SSSR count). The summed E-state index contributed by atoms with van der Waals surface area (Å²) in [6, 6.07) is 6.03. The van der Waals surface area contributed by atoms with Crippen LogP contribution >= 0.6 is 0 Å². The third-order valence-corrected chi connectivity index (χ3v) is 2.94. The van der Waals surface area contributed by atoms with Gasteiger partial charge in [-0.3, -0.25) is 9.69 Å². The summed E-state index contributed by atoms with van der Waals surface area (Å²) in [5.74, 6) is -0.761. The highest BCUT2D eigenvalue weighted by Gasteiger charge is 2.21. The molecule has 1 aromatic carbocycles.